The number of halogens is 2. The molecule has 2 aromatic heterocycles. The number of hydrogen-bond acceptors (Lipinski definition) is 7. The molecule has 1 atom stereocenters. The lowest BCUT2D eigenvalue weighted by molar-refractivity contribution is -0.120. The minimum Gasteiger partial charge on any atom is -0.368 e. The van der Waals surface area contributed by atoms with Crippen molar-refractivity contribution in [2.24, 2.45) is 11.5 Å². The van der Waals surface area contributed by atoms with E-state index in [0.717, 1.165) is 16.9 Å². The quantitative estimate of drug-likeness (QED) is 0.263. The number of fused-ring (bicyclic) bond motifs is 1. The van der Waals surface area contributed by atoms with E-state index in [1.165, 1.54) is 42.5 Å². The summed E-state index contributed by atoms with van der Waals surface area (Å²) in [6, 6.07) is 9.50. The number of rotatable bonds is 8. The topological polar surface area (TPSA) is 187 Å². The van der Waals surface area contributed by atoms with Gasteiger partial charge in [0.15, 0.2) is 0 Å². The maximum absolute atomic E-state index is 13.4. The Bertz CT molecular complexity index is 1540. The van der Waals surface area contributed by atoms with Crippen molar-refractivity contribution in [2.45, 2.75) is 12.6 Å². The van der Waals surface area contributed by atoms with Gasteiger partial charge in [-0.15, -0.1) is 0 Å². The second-order valence-electron chi connectivity index (χ2n) is 7.72. The molecule has 4 amide bonds. The molecule has 0 aliphatic rings. The van der Waals surface area contributed by atoms with Gasteiger partial charge in [-0.3, -0.25) is 19.2 Å². The number of nitrogens with two attached hydrogens (primary N) is 2. The lowest BCUT2D eigenvalue weighted by Gasteiger charge is -2.17. The van der Waals surface area contributed by atoms with Gasteiger partial charge in [0.05, 0.1) is 5.02 Å². The van der Waals surface area contributed by atoms with E-state index >= 15 is 0 Å². The largest absolute Gasteiger partial charge is 0.368 e. The monoisotopic (exact) mass is 524 g/mol. The highest BCUT2D eigenvalue weighted by molar-refractivity contribution is 6.30. The molecule has 6 N–H and O–H groups in total. The molecule has 37 heavy (non-hydrogen) atoms. The second-order valence-corrected chi connectivity index (χ2v) is 8.13. The van der Waals surface area contributed by atoms with Gasteiger partial charge in [-0.25, -0.2) is 9.37 Å². The number of hydrogen-bond donors (Lipinski definition) is 4. The maximum atomic E-state index is 13.4. The Morgan fingerprint density at radius 2 is 1.76 bits per heavy atom. The van der Waals surface area contributed by atoms with Crippen molar-refractivity contribution < 1.29 is 23.6 Å². The van der Waals surface area contributed by atoms with E-state index in [2.05, 4.69) is 25.7 Å². The SMILES string of the molecule is NC(=O)c1ccc([C@@H](NC(=O)c2cc(C(=O)NCc3ccc(F)c(Cl)c3)nc3ncnn23)C(N)=O)cc1. The molecule has 14 heteroatoms. The Morgan fingerprint density at radius 1 is 1.03 bits per heavy atom. The van der Waals surface area contributed by atoms with Crippen molar-refractivity contribution in [1.29, 1.82) is 0 Å². The van der Waals surface area contributed by atoms with E-state index in [-0.39, 0.29) is 34.3 Å². The first kappa shape index (κ1) is 25.2. The summed E-state index contributed by atoms with van der Waals surface area (Å²) in [4.78, 5) is 57.4. The molecule has 4 aromatic rings. The molecule has 0 aliphatic heterocycles. The van der Waals surface area contributed by atoms with E-state index in [9.17, 15) is 23.6 Å². The fourth-order valence-corrected chi connectivity index (χ4v) is 3.58. The third-order valence-electron chi connectivity index (χ3n) is 5.24. The summed E-state index contributed by atoms with van der Waals surface area (Å²) in [5.41, 5.74) is 11.4. The molecule has 12 nitrogen and oxygen atoms in total. The summed E-state index contributed by atoms with van der Waals surface area (Å²) in [5, 5.41) is 8.93. The predicted molar refractivity (Wildman–Crippen MR) is 128 cm³/mol. The van der Waals surface area contributed by atoms with Crippen LogP contribution in [0.1, 0.15) is 48.5 Å². The van der Waals surface area contributed by atoms with E-state index < -0.39 is 35.5 Å². The van der Waals surface area contributed by atoms with Gasteiger partial charge in [-0.2, -0.15) is 14.6 Å². The summed E-state index contributed by atoms with van der Waals surface area (Å²) in [5.74, 6) is -3.65. The van der Waals surface area contributed by atoms with E-state index in [0.29, 0.717) is 11.1 Å². The fraction of sp³-hybridized carbons (Fsp3) is 0.0870. The minimum atomic E-state index is -1.28. The van der Waals surface area contributed by atoms with E-state index in [1.54, 1.807) is 0 Å². The first-order valence-electron chi connectivity index (χ1n) is 10.6. The number of nitrogens with one attached hydrogen (secondary N) is 2. The van der Waals surface area contributed by atoms with Crippen LogP contribution in [0.2, 0.25) is 5.02 Å². The summed E-state index contributed by atoms with van der Waals surface area (Å²) in [7, 11) is 0. The summed E-state index contributed by atoms with van der Waals surface area (Å²) in [6.45, 7) is 0.00492. The molecule has 0 spiro atoms. The average molecular weight is 525 g/mol. The van der Waals surface area contributed by atoms with Crippen LogP contribution < -0.4 is 22.1 Å². The zero-order valence-corrected chi connectivity index (χ0v) is 19.6. The van der Waals surface area contributed by atoms with Gasteiger partial charge in [0.2, 0.25) is 11.8 Å². The molecule has 2 aromatic carbocycles. The standard InChI is InChI=1S/C23H18ClFN8O4/c24-14-7-11(1-6-15(14)25)9-28-21(36)16-8-17(33-23(31-16)29-10-30-33)22(37)32-18(20(27)35)12-2-4-13(5-3-12)19(26)34/h1-8,10,18H,9H2,(H2,26,34)(H2,27,35)(H,28,36)(H,32,37)/t18-/m1/s1. The Kier molecular flexibility index (Phi) is 7.06. The zero-order chi connectivity index (χ0) is 26.7. The summed E-state index contributed by atoms with van der Waals surface area (Å²) < 4.78 is 14.5. The number of aromatic nitrogens is 4. The molecule has 0 saturated carbocycles. The number of carbonyl (C=O) groups excluding carboxylic acids is 4. The van der Waals surface area contributed by atoms with Gasteiger partial charge in [0.25, 0.3) is 17.6 Å². The van der Waals surface area contributed by atoms with Crippen LogP contribution in [-0.4, -0.2) is 43.2 Å². The number of benzene rings is 2. The van der Waals surface area contributed by atoms with Crippen molar-refractivity contribution in [3.63, 3.8) is 0 Å². The highest BCUT2D eigenvalue weighted by Crippen LogP contribution is 2.17. The fourth-order valence-electron chi connectivity index (χ4n) is 3.38. The lowest BCUT2D eigenvalue weighted by Crippen LogP contribution is -2.38. The Hall–Kier alpha value is -4.91. The number of nitrogens with zero attached hydrogens (tertiary/aromatic N) is 4. The smallest absolute Gasteiger partial charge is 0.271 e. The molecule has 2 heterocycles. The van der Waals surface area contributed by atoms with Gasteiger partial charge in [0.1, 0.15) is 29.6 Å². The third kappa shape index (κ3) is 5.51. The van der Waals surface area contributed by atoms with Crippen molar-refractivity contribution in [1.82, 2.24) is 30.2 Å². The van der Waals surface area contributed by atoms with Crippen LogP contribution in [0.4, 0.5) is 4.39 Å². The highest BCUT2D eigenvalue weighted by Gasteiger charge is 2.25. The Balaban J connectivity index is 1.58. The van der Waals surface area contributed by atoms with Crippen molar-refractivity contribution >= 4 is 41.0 Å². The molecular formula is C23H18ClFN8O4. The van der Waals surface area contributed by atoms with Gasteiger partial charge in [-0.1, -0.05) is 29.8 Å². The molecule has 0 radical (unpaired) electrons. The van der Waals surface area contributed by atoms with Crippen LogP contribution in [0.5, 0.6) is 0 Å². The van der Waals surface area contributed by atoms with Crippen LogP contribution in [-0.2, 0) is 11.3 Å². The second kappa shape index (κ2) is 10.4. The Morgan fingerprint density at radius 3 is 2.41 bits per heavy atom. The molecule has 188 valence electrons. The molecule has 0 fully saturated rings. The molecule has 4 rings (SSSR count). The van der Waals surface area contributed by atoms with E-state index in [1.807, 2.05) is 0 Å². The van der Waals surface area contributed by atoms with E-state index in [4.69, 9.17) is 23.1 Å². The van der Waals surface area contributed by atoms with Crippen LogP contribution in [0.15, 0.2) is 54.9 Å². The van der Waals surface area contributed by atoms with Crippen molar-refractivity contribution in [2.75, 3.05) is 0 Å². The lowest BCUT2D eigenvalue weighted by atomic mass is 10.0. The molecule has 0 bridgehead atoms. The van der Waals surface area contributed by atoms with Crippen LogP contribution in [0, 0.1) is 5.82 Å². The number of primary amides is 2. The Labute approximate surface area is 212 Å². The molecular weight excluding hydrogens is 507 g/mol. The average Bonchev–Trinajstić information content (AvgIpc) is 3.35. The van der Waals surface area contributed by atoms with Crippen molar-refractivity contribution in [3.05, 3.63) is 93.8 Å². The zero-order valence-electron chi connectivity index (χ0n) is 18.8. The molecule has 0 aliphatic carbocycles. The third-order valence-corrected chi connectivity index (χ3v) is 5.53. The van der Waals surface area contributed by atoms with Crippen LogP contribution in [0.25, 0.3) is 5.78 Å². The first-order valence-corrected chi connectivity index (χ1v) is 10.9. The first-order chi connectivity index (χ1) is 17.6. The van der Waals surface area contributed by atoms with Gasteiger partial charge in [0, 0.05) is 18.2 Å². The number of amides is 4. The molecule has 0 unspecified atom stereocenters. The van der Waals surface area contributed by atoms with Gasteiger partial charge in [-0.05, 0) is 35.4 Å². The maximum Gasteiger partial charge on any atom is 0.271 e. The summed E-state index contributed by atoms with van der Waals surface area (Å²) >= 11 is 5.77. The predicted octanol–water partition coefficient (Wildman–Crippen LogP) is 0.902. The normalized spacial score (nSPS) is 11.6. The van der Waals surface area contributed by atoms with Crippen LogP contribution in [0.3, 0.4) is 0 Å². The van der Waals surface area contributed by atoms with Crippen molar-refractivity contribution in [3.8, 4) is 0 Å². The highest BCUT2D eigenvalue weighted by atomic mass is 35.5. The minimum absolute atomic E-state index is 0.00492. The van der Waals surface area contributed by atoms with Gasteiger partial charge < -0.3 is 22.1 Å². The van der Waals surface area contributed by atoms with Crippen LogP contribution >= 0.6 is 11.6 Å². The van der Waals surface area contributed by atoms with Gasteiger partial charge >= 0.3 is 0 Å². The molecule has 0 saturated heterocycles. The summed E-state index contributed by atoms with van der Waals surface area (Å²) in [6.07, 6.45) is 1.13. The number of carbonyl (C=O) groups is 4.